The highest BCUT2D eigenvalue weighted by molar-refractivity contribution is 7.47. The van der Waals surface area contributed by atoms with E-state index in [-0.39, 0.29) is 25.7 Å². The average molecular weight is 1420 g/mol. The second kappa shape index (κ2) is 68.5. The summed E-state index contributed by atoms with van der Waals surface area (Å²) in [5.41, 5.74) is 0. The summed E-state index contributed by atoms with van der Waals surface area (Å²) in [4.78, 5) is 72.8. The fourth-order valence-corrected chi connectivity index (χ4v) is 13.5. The lowest BCUT2D eigenvalue weighted by atomic mass is 9.99. The highest BCUT2D eigenvalue weighted by Gasteiger charge is 2.30. The SMILES string of the molecule is CCCCCCCCCCCCC(=O)OC[C@H](COP(=O)(O)OC[C@H](O)COP(=O)(O)OC[C@@H](COC(=O)CCCCCCCCCCCCC(C)CC)OC(=O)CCCCCCCCCCCCCCCCCCCCC(C)C)OC(=O)CCCCCCCCCCCC(C)C. The highest BCUT2D eigenvalue weighted by Crippen LogP contribution is 2.45. The first-order valence-corrected chi connectivity index (χ1v) is 43.4. The summed E-state index contributed by atoms with van der Waals surface area (Å²) in [6.07, 6.45) is 55.5. The predicted octanol–water partition coefficient (Wildman–Crippen LogP) is 23.0. The van der Waals surface area contributed by atoms with Crippen molar-refractivity contribution in [1.29, 1.82) is 0 Å². The summed E-state index contributed by atoms with van der Waals surface area (Å²) in [6, 6.07) is 0. The van der Waals surface area contributed by atoms with Gasteiger partial charge in [0.1, 0.15) is 19.3 Å². The Morgan fingerprint density at radius 2 is 0.526 bits per heavy atom. The molecule has 0 aliphatic carbocycles. The Balaban J connectivity index is 5.21. The van der Waals surface area contributed by atoms with Gasteiger partial charge in [0.2, 0.25) is 0 Å². The summed E-state index contributed by atoms with van der Waals surface area (Å²) >= 11 is 0. The van der Waals surface area contributed by atoms with E-state index in [2.05, 4.69) is 48.5 Å². The second-order valence-corrected chi connectivity index (χ2v) is 32.2. The number of phosphoric acid groups is 2. The number of carbonyl (C=O) groups is 4. The van der Waals surface area contributed by atoms with Gasteiger partial charge in [-0.3, -0.25) is 37.3 Å². The molecular weight excluding hydrogens is 1270 g/mol. The topological polar surface area (TPSA) is 237 Å². The molecule has 0 radical (unpaired) electrons. The van der Waals surface area contributed by atoms with E-state index >= 15 is 0 Å². The lowest BCUT2D eigenvalue weighted by molar-refractivity contribution is -0.161. The molecule has 0 aromatic carbocycles. The normalized spacial score (nSPS) is 14.3. The number of esters is 4. The molecule has 0 spiro atoms. The van der Waals surface area contributed by atoms with Gasteiger partial charge >= 0.3 is 39.5 Å². The van der Waals surface area contributed by atoms with Gasteiger partial charge in [-0.05, 0) is 43.4 Å². The zero-order valence-corrected chi connectivity index (χ0v) is 65.3. The molecule has 6 atom stereocenters. The van der Waals surface area contributed by atoms with Crippen molar-refractivity contribution in [3.63, 3.8) is 0 Å². The number of unbranched alkanes of at least 4 members (excludes halogenated alkanes) is 43. The minimum Gasteiger partial charge on any atom is -0.462 e. The van der Waals surface area contributed by atoms with Crippen molar-refractivity contribution >= 4 is 39.5 Å². The highest BCUT2D eigenvalue weighted by atomic mass is 31.2. The van der Waals surface area contributed by atoms with Gasteiger partial charge in [-0.2, -0.15) is 0 Å². The van der Waals surface area contributed by atoms with Crippen molar-refractivity contribution in [1.82, 2.24) is 0 Å². The molecule has 17 nitrogen and oxygen atoms in total. The van der Waals surface area contributed by atoms with Crippen LogP contribution in [0.15, 0.2) is 0 Å². The van der Waals surface area contributed by atoms with Gasteiger partial charge in [0.25, 0.3) is 0 Å². The maximum absolute atomic E-state index is 13.1. The van der Waals surface area contributed by atoms with Crippen LogP contribution in [0.2, 0.25) is 0 Å². The summed E-state index contributed by atoms with van der Waals surface area (Å²) < 4.78 is 68.6. The molecular formula is C78H152O17P2. The smallest absolute Gasteiger partial charge is 0.462 e. The van der Waals surface area contributed by atoms with Crippen LogP contribution in [-0.2, 0) is 65.4 Å². The zero-order chi connectivity index (χ0) is 71.6. The van der Waals surface area contributed by atoms with Crippen LogP contribution < -0.4 is 0 Å². The molecule has 0 saturated carbocycles. The van der Waals surface area contributed by atoms with E-state index in [9.17, 15) is 43.2 Å². The number of rotatable bonds is 76. The van der Waals surface area contributed by atoms with Crippen molar-refractivity contribution < 1.29 is 80.2 Å². The number of phosphoric ester groups is 2. The van der Waals surface area contributed by atoms with Gasteiger partial charge in [0.15, 0.2) is 12.2 Å². The van der Waals surface area contributed by atoms with Gasteiger partial charge in [0, 0.05) is 25.7 Å². The molecule has 97 heavy (non-hydrogen) atoms. The van der Waals surface area contributed by atoms with Crippen LogP contribution in [0.1, 0.15) is 402 Å². The number of aliphatic hydroxyl groups is 1. The Hall–Kier alpha value is -1.94. The lowest BCUT2D eigenvalue weighted by Crippen LogP contribution is -2.30. The fraction of sp³-hybridized carbons (Fsp3) is 0.949. The average Bonchev–Trinajstić information content (AvgIpc) is 1.81. The number of hydrogen-bond donors (Lipinski definition) is 3. The molecule has 3 unspecified atom stereocenters. The molecule has 0 amide bonds. The summed E-state index contributed by atoms with van der Waals surface area (Å²) in [5.74, 6) is 0.250. The number of aliphatic hydroxyl groups excluding tert-OH is 1. The van der Waals surface area contributed by atoms with E-state index in [4.69, 9.17) is 37.0 Å². The Morgan fingerprint density at radius 3 is 0.784 bits per heavy atom. The van der Waals surface area contributed by atoms with Crippen LogP contribution in [0.5, 0.6) is 0 Å². The lowest BCUT2D eigenvalue weighted by Gasteiger charge is -2.21. The second-order valence-electron chi connectivity index (χ2n) is 29.3. The molecule has 0 bridgehead atoms. The summed E-state index contributed by atoms with van der Waals surface area (Å²) in [6.45, 7) is 11.9. The van der Waals surface area contributed by atoms with Gasteiger partial charge in [-0.15, -0.1) is 0 Å². The zero-order valence-electron chi connectivity index (χ0n) is 63.5. The molecule has 0 aromatic rings. The molecule has 0 aliphatic heterocycles. The Morgan fingerprint density at radius 1 is 0.299 bits per heavy atom. The quantitative estimate of drug-likeness (QED) is 0.0222. The fourth-order valence-electron chi connectivity index (χ4n) is 11.9. The number of hydrogen-bond acceptors (Lipinski definition) is 15. The van der Waals surface area contributed by atoms with Gasteiger partial charge in [-0.1, -0.05) is 350 Å². The van der Waals surface area contributed by atoms with Crippen molar-refractivity contribution in [3.8, 4) is 0 Å². The van der Waals surface area contributed by atoms with E-state index in [1.807, 2.05) is 0 Å². The molecule has 3 N–H and O–H groups in total. The van der Waals surface area contributed by atoms with Crippen LogP contribution in [-0.4, -0.2) is 96.7 Å². The van der Waals surface area contributed by atoms with Gasteiger partial charge in [0.05, 0.1) is 26.4 Å². The maximum Gasteiger partial charge on any atom is 0.472 e. The van der Waals surface area contributed by atoms with Crippen molar-refractivity contribution in [2.75, 3.05) is 39.6 Å². The number of carbonyl (C=O) groups excluding carboxylic acids is 4. The minimum atomic E-state index is -4.96. The minimum absolute atomic E-state index is 0.105. The first kappa shape index (κ1) is 95.1. The first-order valence-electron chi connectivity index (χ1n) is 40.4. The predicted molar refractivity (Wildman–Crippen MR) is 395 cm³/mol. The third kappa shape index (κ3) is 70.9. The molecule has 19 heteroatoms. The summed E-state index contributed by atoms with van der Waals surface area (Å²) in [5, 5.41) is 10.6. The molecule has 0 aliphatic rings. The van der Waals surface area contributed by atoms with E-state index in [0.29, 0.717) is 25.7 Å². The molecule has 576 valence electrons. The standard InChI is InChI=1S/C78H152O17P2/c1-8-10-11-12-13-14-31-38-45-52-59-75(80)88-65-74(95-78(83)62-55-48-41-34-27-29-36-43-50-57-70(5)6)68-93-97(86,87)91-64-72(79)63-90-96(84,85)92-67-73(66-89-76(81)60-53-46-39-32-26-25-30-37-44-51-58-71(7)9-2)94-77(82)61-54-47-40-33-24-22-20-18-16-15-17-19-21-23-28-35-42-49-56-69(3)4/h69-74,79H,8-68H2,1-7H3,(H,84,85)(H,86,87)/t71?,72-,73-,74-/m1/s1. The van der Waals surface area contributed by atoms with Crippen LogP contribution in [0, 0.1) is 17.8 Å². The molecule has 0 saturated heterocycles. The molecule has 0 rings (SSSR count). The van der Waals surface area contributed by atoms with Crippen LogP contribution in [0.4, 0.5) is 0 Å². The van der Waals surface area contributed by atoms with E-state index < -0.39 is 97.5 Å². The monoisotopic (exact) mass is 1420 g/mol. The molecule has 0 aromatic heterocycles. The Labute approximate surface area is 594 Å². The van der Waals surface area contributed by atoms with Gasteiger partial charge < -0.3 is 33.8 Å². The Bertz CT molecular complexity index is 1890. The molecule has 0 heterocycles. The number of ether oxygens (including phenoxy) is 4. The van der Waals surface area contributed by atoms with Crippen LogP contribution >= 0.6 is 15.6 Å². The van der Waals surface area contributed by atoms with Crippen molar-refractivity contribution in [2.24, 2.45) is 17.8 Å². The summed E-state index contributed by atoms with van der Waals surface area (Å²) in [7, 11) is -9.91. The first-order chi connectivity index (χ1) is 46.8. The van der Waals surface area contributed by atoms with E-state index in [1.165, 1.54) is 212 Å². The van der Waals surface area contributed by atoms with Crippen LogP contribution in [0.25, 0.3) is 0 Å². The third-order valence-electron chi connectivity index (χ3n) is 18.5. The van der Waals surface area contributed by atoms with Crippen molar-refractivity contribution in [2.45, 2.75) is 420 Å². The maximum atomic E-state index is 13.1. The largest absolute Gasteiger partial charge is 0.472 e. The molecule has 0 fully saturated rings. The van der Waals surface area contributed by atoms with Crippen molar-refractivity contribution in [3.05, 3.63) is 0 Å². The van der Waals surface area contributed by atoms with Gasteiger partial charge in [-0.25, -0.2) is 9.13 Å². The van der Waals surface area contributed by atoms with Crippen LogP contribution in [0.3, 0.4) is 0 Å². The van der Waals surface area contributed by atoms with E-state index in [0.717, 1.165) is 108 Å². The Kier molecular flexibility index (Phi) is 67.1. The third-order valence-corrected chi connectivity index (χ3v) is 20.4. The van der Waals surface area contributed by atoms with E-state index in [1.54, 1.807) is 0 Å².